The average Bonchev–Trinajstić information content (AvgIpc) is 3.07. The number of hydrogen-bond acceptors (Lipinski definition) is 5. The molecule has 2 heterocycles. The van der Waals surface area contributed by atoms with Crippen LogP contribution < -0.4 is 9.47 Å². The lowest BCUT2D eigenvalue weighted by atomic mass is 9.98. The van der Waals surface area contributed by atoms with Gasteiger partial charge in [0.25, 0.3) is 11.8 Å². The standard InChI is InChI=1S/C26H26N2O4/c1-3-31-23-15-12-18(17-24(23)32-4-2)22(14-13-19-9-7-8-16-27-19)28-25(29)20-10-5-6-11-21(20)26(28)30/h5-12,15-17,22H,3-4,13-14H2,1-2H3/t22-/m1/s1. The van der Waals surface area contributed by atoms with Crippen LogP contribution in [0.3, 0.4) is 0 Å². The molecule has 32 heavy (non-hydrogen) atoms. The van der Waals surface area contributed by atoms with Crippen molar-refractivity contribution < 1.29 is 19.1 Å². The molecule has 6 heteroatoms. The van der Waals surface area contributed by atoms with Crippen LogP contribution in [0.25, 0.3) is 0 Å². The van der Waals surface area contributed by atoms with Crippen molar-refractivity contribution in [3.8, 4) is 11.5 Å². The topological polar surface area (TPSA) is 68.7 Å². The third-order valence-corrected chi connectivity index (χ3v) is 5.49. The van der Waals surface area contributed by atoms with Gasteiger partial charge in [-0.3, -0.25) is 19.5 Å². The van der Waals surface area contributed by atoms with Gasteiger partial charge in [-0.1, -0.05) is 24.3 Å². The number of fused-ring (bicyclic) bond motifs is 1. The number of aryl methyl sites for hydroxylation is 1. The number of rotatable bonds is 9. The fourth-order valence-corrected chi connectivity index (χ4v) is 4.04. The molecule has 0 fully saturated rings. The Labute approximate surface area is 187 Å². The van der Waals surface area contributed by atoms with Gasteiger partial charge in [0.05, 0.1) is 30.4 Å². The summed E-state index contributed by atoms with van der Waals surface area (Å²) in [7, 11) is 0. The number of ether oxygens (including phenoxy) is 2. The molecule has 0 unspecified atom stereocenters. The first-order valence-corrected chi connectivity index (χ1v) is 10.9. The highest BCUT2D eigenvalue weighted by molar-refractivity contribution is 6.21. The van der Waals surface area contributed by atoms with E-state index < -0.39 is 6.04 Å². The third-order valence-electron chi connectivity index (χ3n) is 5.49. The van der Waals surface area contributed by atoms with E-state index in [-0.39, 0.29) is 11.8 Å². The average molecular weight is 431 g/mol. The molecule has 1 atom stereocenters. The van der Waals surface area contributed by atoms with E-state index >= 15 is 0 Å². The van der Waals surface area contributed by atoms with Gasteiger partial charge in [0.2, 0.25) is 0 Å². The van der Waals surface area contributed by atoms with Crippen LogP contribution in [0.15, 0.2) is 66.9 Å². The summed E-state index contributed by atoms with van der Waals surface area (Å²) in [5.74, 6) is 0.696. The summed E-state index contributed by atoms with van der Waals surface area (Å²) in [6.45, 7) is 4.82. The van der Waals surface area contributed by atoms with Gasteiger partial charge < -0.3 is 9.47 Å². The molecule has 2 aromatic carbocycles. The second-order valence-electron chi connectivity index (χ2n) is 7.47. The van der Waals surface area contributed by atoms with Crippen LogP contribution in [0.5, 0.6) is 11.5 Å². The highest BCUT2D eigenvalue weighted by atomic mass is 16.5. The van der Waals surface area contributed by atoms with E-state index in [2.05, 4.69) is 4.98 Å². The Balaban J connectivity index is 1.72. The number of carbonyl (C=O) groups is 2. The van der Waals surface area contributed by atoms with E-state index in [4.69, 9.17) is 9.47 Å². The van der Waals surface area contributed by atoms with Crippen molar-refractivity contribution in [2.45, 2.75) is 32.7 Å². The van der Waals surface area contributed by atoms with Crippen molar-refractivity contribution in [2.24, 2.45) is 0 Å². The Bertz CT molecular complexity index is 1080. The number of imide groups is 1. The minimum atomic E-state index is -0.459. The van der Waals surface area contributed by atoms with Gasteiger partial charge in [-0.15, -0.1) is 0 Å². The Morgan fingerprint density at radius 2 is 1.50 bits per heavy atom. The summed E-state index contributed by atoms with van der Waals surface area (Å²) in [6.07, 6.45) is 2.91. The molecule has 1 aromatic heterocycles. The monoisotopic (exact) mass is 430 g/mol. The number of hydrogen-bond donors (Lipinski definition) is 0. The van der Waals surface area contributed by atoms with Gasteiger partial charge in [-0.2, -0.15) is 0 Å². The zero-order valence-corrected chi connectivity index (χ0v) is 18.3. The highest BCUT2D eigenvalue weighted by Gasteiger charge is 2.40. The van der Waals surface area contributed by atoms with Gasteiger partial charge in [0.1, 0.15) is 0 Å². The van der Waals surface area contributed by atoms with E-state index in [1.54, 1.807) is 30.5 Å². The smallest absolute Gasteiger partial charge is 0.262 e. The van der Waals surface area contributed by atoms with Crippen LogP contribution in [0, 0.1) is 0 Å². The summed E-state index contributed by atoms with van der Waals surface area (Å²) in [5, 5.41) is 0. The second kappa shape index (κ2) is 9.64. The van der Waals surface area contributed by atoms with Crippen LogP contribution in [0.1, 0.15) is 58.3 Å². The molecule has 0 saturated carbocycles. The zero-order valence-electron chi connectivity index (χ0n) is 18.3. The Morgan fingerprint density at radius 1 is 0.844 bits per heavy atom. The number of nitrogens with zero attached hydrogens (tertiary/aromatic N) is 2. The molecule has 1 aliphatic heterocycles. The van der Waals surface area contributed by atoms with Gasteiger partial charge in [0, 0.05) is 11.9 Å². The first-order valence-electron chi connectivity index (χ1n) is 10.9. The van der Waals surface area contributed by atoms with Gasteiger partial charge in [-0.05, 0) is 68.7 Å². The van der Waals surface area contributed by atoms with Crippen molar-refractivity contribution >= 4 is 11.8 Å². The van der Waals surface area contributed by atoms with Gasteiger partial charge in [-0.25, -0.2) is 0 Å². The molecule has 0 radical (unpaired) electrons. The number of benzene rings is 2. The lowest BCUT2D eigenvalue weighted by Crippen LogP contribution is -2.34. The van der Waals surface area contributed by atoms with Crippen molar-refractivity contribution in [3.05, 3.63) is 89.2 Å². The van der Waals surface area contributed by atoms with Crippen LogP contribution in [0.2, 0.25) is 0 Å². The molecule has 3 aromatic rings. The third kappa shape index (κ3) is 4.21. The molecule has 2 amide bonds. The lowest BCUT2D eigenvalue weighted by molar-refractivity contribution is 0.0573. The molecule has 0 aliphatic carbocycles. The summed E-state index contributed by atoms with van der Waals surface area (Å²) < 4.78 is 11.5. The van der Waals surface area contributed by atoms with Crippen molar-refractivity contribution in [2.75, 3.05) is 13.2 Å². The second-order valence-corrected chi connectivity index (χ2v) is 7.47. The minimum absolute atomic E-state index is 0.275. The highest BCUT2D eigenvalue weighted by Crippen LogP contribution is 2.38. The number of aromatic nitrogens is 1. The molecule has 0 saturated heterocycles. The zero-order chi connectivity index (χ0) is 22.5. The van der Waals surface area contributed by atoms with Gasteiger partial charge in [0.15, 0.2) is 11.5 Å². The molecular formula is C26H26N2O4. The fourth-order valence-electron chi connectivity index (χ4n) is 4.04. The quantitative estimate of drug-likeness (QED) is 0.454. The van der Waals surface area contributed by atoms with Gasteiger partial charge >= 0.3 is 0 Å². The number of carbonyl (C=O) groups excluding carboxylic acids is 2. The predicted octanol–water partition coefficient (Wildman–Crippen LogP) is 4.85. The van der Waals surface area contributed by atoms with E-state index in [0.29, 0.717) is 48.7 Å². The van der Waals surface area contributed by atoms with Crippen LogP contribution in [-0.4, -0.2) is 34.9 Å². The fraction of sp³-hybridized carbons (Fsp3) is 0.269. The molecular weight excluding hydrogens is 404 g/mol. The number of amides is 2. The maximum Gasteiger partial charge on any atom is 0.262 e. The molecule has 4 rings (SSSR count). The van der Waals surface area contributed by atoms with E-state index in [1.165, 1.54) is 4.90 Å². The summed E-state index contributed by atoms with van der Waals surface area (Å²) in [5.41, 5.74) is 2.61. The van der Waals surface area contributed by atoms with Crippen molar-refractivity contribution in [3.63, 3.8) is 0 Å². The first-order chi connectivity index (χ1) is 15.6. The molecule has 6 nitrogen and oxygen atoms in total. The summed E-state index contributed by atoms with van der Waals surface area (Å²) in [4.78, 5) is 32.3. The number of pyridine rings is 1. The first kappa shape index (κ1) is 21.6. The normalized spacial score (nSPS) is 13.8. The lowest BCUT2D eigenvalue weighted by Gasteiger charge is -2.27. The SMILES string of the molecule is CCOc1ccc([C@@H](CCc2ccccn2)N2C(=O)c3ccccc3C2=O)cc1OCC. The minimum Gasteiger partial charge on any atom is -0.490 e. The van der Waals surface area contributed by atoms with Crippen LogP contribution >= 0.6 is 0 Å². The van der Waals surface area contributed by atoms with Crippen molar-refractivity contribution in [1.82, 2.24) is 9.88 Å². The summed E-state index contributed by atoms with van der Waals surface area (Å²) in [6, 6.07) is 17.9. The van der Waals surface area contributed by atoms with Crippen LogP contribution in [-0.2, 0) is 6.42 Å². The molecule has 0 N–H and O–H groups in total. The molecule has 0 spiro atoms. The largest absolute Gasteiger partial charge is 0.490 e. The maximum absolute atomic E-state index is 13.2. The Morgan fingerprint density at radius 3 is 2.12 bits per heavy atom. The van der Waals surface area contributed by atoms with E-state index in [1.807, 2.05) is 50.2 Å². The summed E-state index contributed by atoms with van der Waals surface area (Å²) >= 11 is 0. The molecule has 1 aliphatic rings. The Kier molecular flexibility index (Phi) is 6.50. The Hall–Kier alpha value is -3.67. The van der Waals surface area contributed by atoms with Crippen LogP contribution in [0.4, 0.5) is 0 Å². The van der Waals surface area contributed by atoms with E-state index in [9.17, 15) is 9.59 Å². The maximum atomic E-state index is 13.2. The predicted molar refractivity (Wildman–Crippen MR) is 121 cm³/mol. The molecule has 164 valence electrons. The van der Waals surface area contributed by atoms with Crippen molar-refractivity contribution in [1.29, 1.82) is 0 Å². The van der Waals surface area contributed by atoms with E-state index in [0.717, 1.165) is 11.3 Å². The molecule has 0 bridgehead atoms.